The first-order valence-electron chi connectivity index (χ1n) is 8.29. The highest BCUT2D eigenvalue weighted by molar-refractivity contribution is 5.77. The van der Waals surface area contributed by atoms with Gasteiger partial charge in [0.15, 0.2) is 6.61 Å². The van der Waals surface area contributed by atoms with Crippen molar-refractivity contribution in [2.24, 2.45) is 5.92 Å². The fourth-order valence-corrected chi connectivity index (χ4v) is 2.92. The highest BCUT2D eigenvalue weighted by Gasteiger charge is 2.22. The van der Waals surface area contributed by atoms with Crippen LogP contribution in [0.3, 0.4) is 0 Å². The summed E-state index contributed by atoms with van der Waals surface area (Å²) >= 11 is 0. The maximum Gasteiger partial charge on any atom is 0.303 e. The Kier molecular flexibility index (Phi) is 6.44. The van der Waals surface area contributed by atoms with E-state index < -0.39 is 5.97 Å². The van der Waals surface area contributed by atoms with Crippen molar-refractivity contribution in [2.45, 2.75) is 39.0 Å². The monoisotopic (exact) mass is 319 g/mol. The molecule has 1 N–H and O–H groups in total. The second-order valence-electron chi connectivity index (χ2n) is 6.06. The number of aryl methyl sites for hydroxylation is 1. The van der Waals surface area contributed by atoms with Crippen LogP contribution in [-0.2, 0) is 16.0 Å². The molecule has 5 nitrogen and oxygen atoms in total. The largest absolute Gasteiger partial charge is 0.484 e. The van der Waals surface area contributed by atoms with E-state index in [1.54, 1.807) is 4.90 Å². The Morgan fingerprint density at radius 2 is 1.96 bits per heavy atom. The zero-order valence-electron chi connectivity index (χ0n) is 13.7. The van der Waals surface area contributed by atoms with Crippen LogP contribution in [0.4, 0.5) is 0 Å². The van der Waals surface area contributed by atoms with E-state index in [0.29, 0.717) is 18.8 Å². The van der Waals surface area contributed by atoms with Gasteiger partial charge in [-0.1, -0.05) is 19.1 Å². The van der Waals surface area contributed by atoms with E-state index in [9.17, 15) is 9.59 Å². The number of nitrogens with zero attached hydrogens (tertiary/aromatic N) is 1. The van der Waals surface area contributed by atoms with E-state index in [1.165, 1.54) is 5.56 Å². The van der Waals surface area contributed by atoms with E-state index in [-0.39, 0.29) is 24.9 Å². The lowest BCUT2D eigenvalue weighted by Gasteiger charge is -2.20. The fraction of sp³-hybridized carbons (Fsp3) is 0.556. The number of carbonyl (C=O) groups excluding carboxylic acids is 1. The Labute approximate surface area is 137 Å². The summed E-state index contributed by atoms with van der Waals surface area (Å²) in [6.45, 7) is 3.44. The number of aliphatic carboxylic acids is 1. The van der Waals surface area contributed by atoms with Gasteiger partial charge in [0, 0.05) is 19.5 Å². The minimum atomic E-state index is -0.756. The SMILES string of the molecule is CCc1ccc(OCC(=O)N2CCC[C@@H](CC(=O)O)CC2)cc1. The van der Waals surface area contributed by atoms with E-state index in [0.717, 1.165) is 25.7 Å². The molecule has 0 unspecified atom stereocenters. The predicted molar refractivity (Wildman–Crippen MR) is 87.5 cm³/mol. The molecule has 1 heterocycles. The van der Waals surface area contributed by atoms with Crippen molar-refractivity contribution in [3.63, 3.8) is 0 Å². The number of carboxylic acid groups (broad SMARTS) is 1. The van der Waals surface area contributed by atoms with Crippen LogP contribution in [0.1, 0.15) is 38.2 Å². The molecule has 2 rings (SSSR count). The number of carboxylic acids is 1. The molecule has 1 atom stereocenters. The molecule has 1 aromatic carbocycles. The molecule has 1 aliphatic heterocycles. The summed E-state index contributed by atoms with van der Waals surface area (Å²) in [5.74, 6) is 0.0936. The summed E-state index contributed by atoms with van der Waals surface area (Å²) in [6.07, 6.45) is 3.65. The van der Waals surface area contributed by atoms with Crippen LogP contribution in [0.5, 0.6) is 5.75 Å². The molecule has 0 spiro atoms. The van der Waals surface area contributed by atoms with Crippen molar-refractivity contribution in [1.82, 2.24) is 4.90 Å². The summed E-state index contributed by atoms with van der Waals surface area (Å²) in [5.41, 5.74) is 1.24. The lowest BCUT2D eigenvalue weighted by atomic mass is 9.97. The summed E-state index contributed by atoms with van der Waals surface area (Å²) in [6, 6.07) is 7.78. The number of carbonyl (C=O) groups is 2. The summed E-state index contributed by atoms with van der Waals surface area (Å²) in [7, 11) is 0. The lowest BCUT2D eigenvalue weighted by Crippen LogP contribution is -2.35. The standard InChI is InChI=1S/C18H25NO4/c1-2-14-5-7-16(8-6-14)23-13-17(20)19-10-3-4-15(9-11-19)12-18(21)22/h5-8,15H,2-4,9-13H2,1H3,(H,21,22)/t15-/m1/s1. The Balaban J connectivity index is 1.79. The predicted octanol–water partition coefficient (Wildman–Crippen LogP) is 2.73. The van der Waals surface area contributed by atoms with Crippen molar-refractivity contribution in [3.05, 3.63) is 29.8 Å². The van der Waals surface area contributed by atoms with Crippen LogP contribution in [0.25, 0.3) is 0 Å². The molecule has 0 aliphatic carbocycles. The highest BCUT2D eigenvalue weighted by Crippen LogP contribution is 2.21. The molecule has 0 saturated carbocycles. The van der Waals surface area contributed by atoms with Gasteiger partial charge in [-0.05, 0) is 49.3 Å². The normalized spacial score (nSPS) is 18.3. The quantitative estimate of drug-likeness (QED) is 0.875. The minimum absolute atomic E-state index is 0.0273. The zero-order chi connectivity index (χ0) is 16.7. The van der Waals surface area contributed by atoms with Gasteiger partial charge in [-0.3, -0.25) is 9.59 Å². The van der Waals surface area contributed by atoms with Gasteiger partial charge in [0.05, 0.1) is 0 Å². The van der Waals surface area contributed by atoms with Gasteiger partial charge in [-0.15, -0.1) is 0 Å². The number of rotatable bonds is 6. The molecular formula is C18H25NO4. The van der Waals surface area contributed by atoms with Gasteiger partial charge in [0.1, 0.15) is 5.75 Å². The maximum absolute atomic E-state index is 12.3. The Bertz CT molecular complexity index is 526. The fourth-order valence-electron chi connectivity index (χ4n) is 2.92. The molecule has 5 heteroatoms. The first-order valence-corrected chi connectivity index (χ1v) is 8.29. The van der Waals surface area contributed by atoms with Crippen molar-refractivity contribution in [3.8, 4) is 5.75 Å². The topological polar surface area (TPSA) is 66.8 Å². The van der Waals surface area contributed by atoms with Gasteiger partial charge in [-0.2, -0.15) is 0 Å². The molecule has 126 valence electrons. The van der Waals surface area contributed by atoms with Gasteiger partial charge in [-0.25, -0.2) is 0 Å². The number of hydrogen-bond acceptors (Lipinski definition) is 3. The first kappa shape index (κ1) is 17.3. The molecule has 23 heavy (non-hydrogen) atoms. The van der Waals surface area contributed by atoms with Crippen molar-refractivity contribution in [2.75, 3.05) is 19.7 Å². The van der Waals surface area contributed by atoms with Gasteiger partial charge in [0.2, 0.25) is 0 Å². The highest BCUT2D eigenvalue weighted by atomic mass is 16.5. The van der Waals surface area contributed by atoms with Crippen LogP contribution >= 0.6 is 0 Å². The second kappa shape index (κ2) is 8.56. The average Bonchev–Trinajstić information content (AvgIpc) is 2.78. The van der Waals surface area contributed by atoms with Gasteiger partial charge < -0.3 is 14.7 Å². The van der Waals surface area contributed by atoms with Gasteiger partial charge in [0.25, 0.3) is 5.91 Å². The lowest BCUT2D eigenvalue weighted by molar-refractivity contribution is -0.138. The molecular weight excluding hydrogens is 294 g/mol. The van der Waals surface area contributed by atoms with Crippen molar-refractivity contribution >= 4 is 11.9 Å². The second-order valence-corrected chi connectivity index (χ2v) is 6.06. The Morgan fingerprint density at radius 3 is 2.61 bits per heavy atom. The number of hydrogen-bond donors (Lipinski definition) is 1. The molecule has 1 fully saturated rings. The van der Waals surface area contributed by atoms with Crippen molar-refractivity contribution in [1.29, 1.82) is 0 Å². The van der Waals surface area contributed by atoms with E-state index >= 15 is 0 Å². The maximum atomic E-state index is 12.3. The first-order chi connectivity index (χ1) is 11.1. The third-order valence-corrected chi connectivity index (χ3v) is 4.36. The molecule has 0 aromatic heterocycles. The molecule has 0 bridgehead atoms. The smallest absolute Gasteiger partial charge is 0.303 e. The number of benzene rings is 1. The van der Waals surface area contributed by atoms with Crippen molar-refractivity contribution < 1.29 is 19.4 Å². The molecule has 1 aliphatic rings. The average molecular weight is 319 g/mol. The van der Waals surface area contributed by atoms with Crippen LogP contribution in [0.2, 0.25) is 0 Å². The molecule has 1 amide bonds. The van der Waals surface area contributed by atoms with Crippen LogP contribution < -0.4 is 4.74 Å². The Morgan fingerprint density at radius 1 is 1.22 bits per heavy atom. The summed E-state index contributed by atoms with van der Waals surface area (Å²) < 4.78 is 5.57. The minimum Gasteiger partial charge on any atom is -0.484 e. The van der Waals surface area contributed by atoms with Crippen LogP contribution in [0, 0.1) is 5.92 Å². The number of likely N-dealkylation sites (tertiary alicyclic amines) is 1. The molecule has 1 aromatic rings. The molecule has 0 radical (unpaired) electrons. The Hall–Kier alpha value is -2.04. The van der Waals surface area contributed by atoms with Crippen LogP contribution in [-0.4, -0.2) is 41.6 Å². The molecule has 1 saturated heterocycles. The van der Waals surface area contributed by atoms with Crippen LogP contribution in [0.15, 0.2) is 24.3 Å². The zero-order valence-corrected chi connectivity index (χ0v) is 13.7. The van der Waals surface area contributed by atoms with Gasteiger partial charge >= 0.3 is 5.97 Å². The third-order valence-electron chi connectivity index (χ3n) is 4.36. The number of amides is 1. The van der Waals surface area contributed by atoms with E-state index in [2.05, 4.69) is 6.92 Å². The number of ether oxygens (including phenoxy) is 1. The summed E-state index contributed by atoms with van der Waals surface area (Å²) in [5, 5.41) is 8.88. The third kappa shape index (κ3) is 5.58. The van der Waals surface area contributed by atoms with E-state index in [1.807, 2.05) is 24.3 Å². The van der Waals surface area contributed by atoms with E-state index in [4.69, 9.17) is 9.84 Å². The summed E-state index contributed by atoms with van der Waals surface area (Å²) in [4.78, 5) is 24.9.